The number of hydrogen-bond acceptors (Lipinski definition) is 5. The van der Waals surface area contributed by atoms with E-state index in [1.54, 1.807) is 4.90 Å². The van der Waals surface area contributed by atoms with E-state index in [0.29, 0.717) is 4.88 Å². The maximum atomic E-state index is 12.6. The maximum Gasteiger partial charge on any atom is 0.313 e. The van der Waals surface area contributed by atoms with Crippen molar-refractivity contribution >= 4 is 33.2 Å². The summed E-state index contributed by atoms with van der Waals surface area (Å²) < 4.78 is 24.7. The lowest BCUT2D eigenvalue weighted by atomic mass is 9.81. The number of carbonyl (C=O) groups is 2. The van der Waals surface area contributed by atoms with Crippen molar-refractivity contribution in [1.82, 2.24) is 9.21 Å². The molecular formula is C14H18N2O5S2. The van der Waals surface area contributed by atoms with Gasteiger partial charge in [0.25, 0.3) is 5.91 Å². The van der Waals surface area contributed by atoms with Gasteiger partial charge in [-0.3, -0.25) is 9.59 Å². The van der Waals surface area contributed by atoms with Crippen molar-refractivity contribution in [3.8, 4) is 0 Å². The van der Waals surface area contributed by atoms with Gasteiger partial charge in [0.1, 0.15) is 5.41 Å². The molecule has 7 nitrogen and oxygen atoms in total. The minimum absolute atomic E-state index is 0.0508. The van der Waals surface area contributed by atoms with Gasteiger partial charge in [0.15, 0.2) is 0 Å². The molecule has 0 aromatic carbocycles. The molecule has 0 aliphatic carbocycles. The quantitative estimate of drug-likeness (QED) is 0.848. The van der Waals surface area contributed by atoms with Crippen LogP contribution in [0.5, 0.6) is 0 Å². The lowest BCUT2D eigenvalue weighted by Gasteiger charge is -2.24. The minimum atomic E-state index is -3.44. The summed E-state index contributed by atoms with van der Waals surface area (Å²) in [5, 5.41) is 11.5. The molecule has 2 unspecified atom stereocenters. The zero-order valence-electron chi connectivity index (χ0n) is 12.9. The maximum absolute atomic E-state index is 12.6. The Morgan fingerprint density at radius 2 is 2.04 bits per heavy atom. The summed E-state index contributed by atoms with van der Waals surface area (Å²) in [7, 11) is -3.44. The molecule has 9 heteroatoms. The largest absolute Gasteiger partial charge is 0.481 e. The highest BCUT2D eigenvalue weighted by atomic mass is 32.2. The molecule has 3 heterocycles. The molecule has 2 atom stereocenters. The number of nitrogens with zero attached hydrogens (tertiary/aromatic N) is 2. The van der Waals surface area contributed by atoms with Crippen LogP contribution in [0.4, 0.5) is 0 Å². The van der Waals surface area contributed by atoms with Crippen LogP contribution in [-0.2, 0) is 14.8 Å². The number of thiophene rings is 1. The summed E-state index contributed by atoms with van der Waals surface area (Å²) in [5.74, 6) is -1.58. The molecule has 2 fully saturated rings. The Balaban J connectivity index is 1.87. The first-order valence-corrected chi connectivity index (χ1v) is 9.90. The molecule has 1 N–H and O–H groups in total. The molecule has 1 amide bonds. The van der Waals surface area contributed by atoms with Crippen LogP contribution >= 0.6 is 11.3 Å². The van der Waals surface area contributed by atoms with Gasteiger partial charge >= 0.3 is 5.97 Å². The first kappa shape index (κ1) is 16.4. The average Bonchev–Trinajstić information content (AvgIpc) is 3.08. The van der Waals surface area contributed by atoms with Crippen LogP contribution in [0.15, 0.2) is 11.4 Å². The molecule has 126 valence electrons. The van der Waals surface area contributed by atoms with Gasteiger partial charge in [-0.2, -0.15) is 0 Å². The molecule has 2 aliphatic heterocycles. The molecule has 1 aromatic rings. The van der Waals surface area contributed by atoms with E-state index >= 15 is 0 Å². The molecular weight excluding hydrogens is 340 g/mol. The van der Waals surface area contributed by atoms with Gasteiger partial charge in [-0.1, -0.05) is 0 Å². The van der Waals surface area contributed by atoms with Gasteiger partial charge in [0.05, 0.1) is 11.1 Å². The van der Waals surface area contributed by atoms with Crippen LogP contribution in [0.3, 0.4) is 0 Å². The Labute approximate surface area is 138 Å². The Bertz CT molecular complexity index is 772. The number of carboxylic acids is 1. The topological polar surface area (TPSA) is 95.0 Å². The van der Waals surface area contributed by atoms with Gasteiger partial charge in [0, 0.05) is 32.1 Å². The van der Waals surface area contributed by atoms with Crippen molar-refractivity contribution < 1.29 is 23.1 Å². The number of amides is 1. The van der Waals surface area contributed by atoms with E-state index in [1.165, 1.54) is 15.6 Å². The third-order valence-electron chi connectivity index (χ3n) is 4.82. The normalized spacial score (nSPS) is 28.1. The first-order valence-electron chi connectivity index (χ1n) is 7.17. The summed E-state index contributed by atoms with van der Waals surface area (Å²) in [6, 6.07) is 1.85. The van der Waals surface area contributed by atoms with E-state index in [-0.39, 0.29) is 38.0 Å². The van der Waals surface area contributed by atoms with E-state index in [9.17, 15) is 23.1 Å². The van der Waals surface area contributed by atoms with Crippen LogP contribution in [0.1, 0.15) is 15.2 Å². The fourth-order valence-electron chi connectivity index (χ4n) is 3.46. The molecule has 2 aliphatic rings. The second-order valence-corrected chi connectivity index (χ2v) is 9.23. The summed E-state index contributed by atoms with van der Waals surface area (Å²) in [5.41, 5.74) is -0.330. The molecule has 3 rings (SSSR count). The number of likely N-dealkylation sites (tertiary alicyclic amines) is 1. The number of sulfonamides is 1. The zero-order valence-corrected chi connectivity index (χ0v) is 14.5. The number of rotatable bonds is 3. The Morgan fingerprint density at radius 1 is 1.35 bits per heavy atom. The van der Waals surface area contributed by atoms with E-state index in [1.807, 2.05) is 18.4 Å². The molecule has 0 bridgehead atoms. The summed E-state index contributed by atoms with van der Waals surface area (Å²) >= 11 is 1.34. The standard InChI is InChI=1S/C14H18N2O5S2/c1-9-3-4-22-11(9)12(17)15-5-10-6-16(23(2,20)21)8-14(10,7-15)13(18)19/h3-4,10H,5-8H2,1-2H3,(H,18,19). The number of hydrogen-bond donors (Lipinski definition) is 1. The van der Waals surface area contributed by atoms with Crippen molar-refractivity contribution in [2.75, 3.05) is 32.4 Å². The second kappa shape index (κ2) is 5.29. The number of carbonyl (C=O) groups excluding carboxylic acids is 1. The molecule has 0 spiro atoms. The molecule has 0 saturated carbocycles. The van der Waals surface area contributed by atoms with E-state index in [4.69, 9.17) is 0 Å². The highest BCUT2D eigenvalue weighted by molar-refractivity contribution is 7.88. The number of aryl methyl sites for hydroxylation is 1. The smallest absolute Gasteiger partial charge is 0.313 e. The Kier molecular flexibility index (Phi) is 3.77. The lowest BCUT2D eigenvalue weighted by Crippen LogP contribution is -2.42. The fourth-order valence-corrected chi connectivity index (χ4v) is 5.27. The Hall–Kier alpha value is -1.45. The lowest BCUT2D eigenvalue weighted by molar-refractivity contribution is -0.148. The van der Waals surface area contributed by atoms with Gasteiger partial charge in [0.2, 0.25) is 10.0 Å². The van der Waals surface area contributed by atoms with Crippen LogP contribution < -0.4 is 0 Å². The zero-order chi connectivity index (χ0) is 17.0. The second-order valence-electron chi connectivity index (χ2n) is 6.33. The number of carboxylic acid groups (broad SMARTS) is 1. The summed E-state index contributed by atoms with van der Waals surface area (Å²) in [6.45, 7) is 2.25. The SMILES string of the molecule is Cc1ccsc1C(=O)N1CC2CN(S(C)(=O)=O)CC2(C(=O)O)C1. The van der Waals surface area contributed by atoms with Crippen LogP contribution in [-0.4, -0.2) is 67.0 Å². The summed E-state index contributed by atoms with van der Waals surface area (Å²) in [4.78, 5) is 26.6. The van der Waals surface area contributed by atoms with E-state index in [2.05, 4.69) is 0 Å². The van der Waals surface area contributed by atoms with Crippen molar-refractivity contribution in [3.05, 3.63) is 21.9 Å². The summed E-state index contributed by atoms with van der Waals surface area (Å²) in [6.07, 6.45) is 1.08. The van der Waals surface area contributed by atoms with Gasteiger partial charge in [-0.25, -0.2) is 12.7 Å². The van der Waals surface area contributed by atoms with Crippen LogP contribution in [0.25, 0.3) is 0 Å². The first-order chi connectivity index (χ1) is 10.6. The van der Waals surface area contributed by atoms with E-state index < -0.39 is 21.4 Å². The molecule has 23 heavy (non-hydrogen) atoms. The monoisotopic (exact) mass is 358 g/mol. The third-order valence-corrected chi connectivity index (χ3v) is 7.04. The fraction of sp³-hybridized carbons (Fsp3) is 0.571. The van der Waals surface area contributed by atoms with Gasteiger partial charge < -0.3 is 10.0 Å². The average molecular weight is 358 g/mol. The van der Waals surface area contributed by atoms with Crippen LogP contribution in [0, 0.1) is 18.3 Å². The predicted molar refractivity (Wildman–Crippen MR) is 84.9 cm³/mol. The van der Waals surface area contributed by atoms with Crippen LogP contribution in [0.2, 0.25) is 0 Å². The number of fused-ring (bicyclic) bond motifs is 1. The highest BCUT2D eigenvalue weighted by Crippen LogP contribution is 2.44. The minimum Gasteiger partial charge on any atom is -0.481 e. The van der Waals surface area contributed by atoms with Crippen molar-refractivity contribution in [1.29, 1.82) is 0 Å². The molecule has 2 saturated heterocycles. The van der Waals surface area contributed by atoms with E-state index in [0.717, 1.165) is 11.8 Å². The molecule has 0 radical (unpaired) electrons. The predicted octanol–water partition coefficient (Wildman–Crippen LogP) is 0.475. The highest BCUT2D eigenvalue weighted by Gasteiger charge is 2.60. The van der Waals surface area contributed by atoms with Crippen molar-refractivity contribution in [2.45, 2.75) is 6.92 Å². The Morgan fingerprint density at radius 3 is 2.52 bits per heavy atom. The van der Waals surface area contributed by atoms with Crippen molar-refractivity contribution in [2.24, 2.45) is 11.3 Å². The van der Waals surface area contributed by atoms with Gasteiger partial charge in [-0.15, -0.1) is 11.3 Å². The molecule has 1 aromatic heterocycles. The number of aliphatic carboxylic acids is 1. The van der Waals surface area contributed by atoms with Crippen molar-refractivity contribution in [3.63, 3.8) is 0 Å². The third kappa shape index (κ3) is 2.56. The van der Waals surface area contributed by atoms with Gasteiger partial charge in [-0.05, 0) is 23.9 Å².